The predicted octanol–water partition coefficient (Wildman–Crippen LogP) is 6.70. The van der Waals surface area contributed by atoms with E-state index in [4.69, 9.17) is 24.5 Å². The SMILES string of the molecule is COc1ccc(C(OC[C@H]2C[C@@H](N=[N+]=[N-])CN2C(=O)OC(C)(C)C)(c2ccccc2)c2ccc(OC)cc2)cc1. The first-order valence-corrected chi connectivity index (χ1v) is 13.2. The molecule has 1 fully saturated rings. The Labute approximate surface area is 235 Å². The maximum Gasteiger partial charge on any atom is 0.410 e. The van der Waals surface area contributed by atoms with Gasteiger partial charge in [-0.1, -0.05) is 59.7 Å². The minimum absolute atomic E-state index is 0.170. The van der Waals surface area contributed by atoms with E-state index in [-0.39, 0.29) is 25.2 Å². The minimum Gasteiger partial charge on any atom is -0.497 e. The smallest absolute Gasteiger partial charge is 0.410 e. The minimum atomic E-state index is -1.03. The van der Waals surface area contributed by atoms with Gasteiger partial charge in [0.25, 0.3) is 0 Å². The van der Waals surface area contributed by atoms with Gasteiger partial charge in [-0.05, 0) is 73.7 Å². The quantitative estimate of drug-likeness (QED) is 0.129. The Morgan fingerprint density at radius 1 is 0.900 bits per heavy atom. The fourth-order valence-corrected chi connectivity index (χ4v) is 5.05. The molecule has 1 amide bonds. The van der Waals surface area contributed by atoms with Gasteiger partial charge in [-0.2, -0.15) is 0 Å². The molecule has 1 aliphatic rings. The number of azide groups is 1. The molecule has 0 radical (unpaired) electrons. The fourth-order valence-electron chi connectivity index (χ4n) is 5.05. The van der Waals surface area contributed by atoms with Crippen LogP contribution < -0.4 is 9.47 Å². The van der Waals surface area contributed by atoms with Crippen molar-refractivity contribution in [3.8, 4) is 11.5 Å². The number of hydrogen-bond donors (Lipinski definition) is 0. The maximum absolute atomic E-state index is 13.2. The summed E-state index contributed by atoms with van der Waals surface area (Å²) in [7, 11) is 3.26. The molecule has 0 spiro atoms. The Kier molecular flexibility index (Phi) is 8.87. The van der Waals surface area contributed by atoms with Crippen LogP contribution in [0.25, 0.3) is 10.4 Å². The molecule has 0 bridgehead atoms. The zero-order chi connectivity index (χ0) is 28.8. The molecular formula is C31H36N4O5. The molecule has 1 saturated heterocycles. The maximum atomic E-state index is 13.2. The van der Waals surface area contributed by atoms with Crippen LogP contribution in [-0.4, -0.2) is 56.0 Å². The van der Waals surface area contributed by atoms with E-state index in [9.17, 15) is 4.79 Å². The van der Waals surface area contributed by atoms with Crippen LogP contribution in [0.4, 0.5) is 4.79 Å². The molecule has 0 N–H and O–H groups in total. The van der Waals surface area contributed by atoms with E-state index in [1.165, 1.54) is 0 Å². The van der Waals surface area contributed by atoms with Crippen molar-refractivity contribution in [2.75, 3.05) is 27.4 Å². The van der Waals surface area contributed by atoms with Gasteiger partial charge >= 0.3 is 6.09 Å². The Morgan fingerprint density at radius 2 is 1.43 bits per heavy atom. The average molecular weight is 545 g/mol. The molecule has 9 nitrogen and oxygen atoms in total. The van der Waals surface area contributed by atoms with Crippen molar-refractivity contribution in [3.63, 3.8) is 0 Å². The summed E-state index contributed by atoms with van der Waals surface area (Å²) >= 11 is 0. The van der Waals surface area contributed by atoms with Gasteiger partial charge in [0, 0.05) is 11.5 Å². The van der Waals surface area contributed by atoms with Crippen LogP contribution in [0.2, 0.25) is 0 Å². The van der Waals surface area contributed by atoms with E-state index in [1.54, 1.807) is 19.1 Å². The van der Waals surface area contributed by atoms with Crippen molar-refractivity contribution in [1.82, 2.24) is 4.90 Å². The molecule has 9 heteroatoms. The molecule has 2 atom stereocenters. The molecule has 3 aromatic rings. The van der Waals surface area contributed by atoms with Crippen molar-refractivity contribution < 1.29 is 23.7 Å². The summed E-state index contributed by atoms with van der Waals surface area (Å²) in [5.41, 5.74) is 10.1. The molecule has 0 aliphatic carbocycles. The fraction of sp³-hybridized carbons (Fsp3) is 0.387. The predicted molar refractivity (Wildman–Crippen MR) is 153 cm³/mol. The number of ether oxygens (including phenoxy) is 4. The third kappa shape index (κ3) is 6.33. The summed E-state index contributed by atoms with van der Waals surface area (Å²) in [5, 5.41) is 3.91. The van der Waals surface area contributed by atoms with Crippen LogP contribution in [0.15, 0.2) is 84.0 Å². The first-order valence-electron chi connectivity index (χ1n) is 13.2. The molecule has 0 aromatic heterocycles. The van der Waals surface area contributed by atoms with Crippen molar-refractivity contribution in [3.05, 3.63) is 106 Å². The monoisotopic (exact) mass is 544 g/mol. The lowest BCUT2D eigenvalue weighted by atomic mass is 9.80. The van der Waals surface area contributed by atoms with E-state index in [2.05, 4.69) is 10.0 Å². The number of carbonyl (C=O) groups excluding carboxylic acids is 1. The van der Waals surface area contributed by atoms with Crippen LogP contribution in [0.3, 0.4) is 0 Å². The van der Waals surface area contributed by atoms with Crippen LogP contribution in [0, 0.1) is 0 Å². The van der Waals surface area contributed by atoms with E-state index in [1.807, 2.05) is 99.6 Å². The van der Waals surface area contributed by atoms with Crippen LogP contribution in [-0.2, 0) is 15.1 Å². The molecule has 0 unspecified atom stereocenters. The second kappa shape index (κ2) is 12.3. The Bertz CT molecular complexity index is 1270. The summed E-state index contributed by atoms with van der Waals surface area (Å²) in [6, 6.07) is 24.8. The van der Waals surface area contributed by atoms with Gasteiger partial charge in [-0.15, -0.1) is 0 Å². The first kappa shape index (κ1) is 28.8. The van der Waals surface area contributed by atoms with Crippen molar-refractivity contribution in [1.29, 1.82) is 0 Å². The zero-order valence-electron chi connectivity index (χ0n) is 23.6. The number of amides is 1. The Hall–Kier alpha value is -4.20. The van der Waals surface area contributed by atoms with Crippen LogP contribution in [0.1, 0.15) is 43.9 Å². The molecule has 0 saturated carbocycles. The lowest BCUT2D eigenvalue weighted by Crippen LogP contribution is -2.44. The number of likely N-dealkylation sites (tertiary alicyclic amines) is 1. The molecule has 210 valence electrons. The van der Waals surface area contributed by atoms with Gasteiger partial charge in [-0.3, -0.25) is 0 Å². The van der Waals surface area contributed by atoms with Crippen LogP contribution in [0.5, 0.6) is 11.5 Å². The van der Waals surface area contributed by atoms with E-state index < -0.39 is 17.3 Å². The highest BCUT2D eigenvalue weighted by Gasteiger charge is 2.42. The summed E-state index contributed by atoms with van der Waals surface area (Å²) in [6.45, 7) is 5.90. The number of benzene rings is 3. The topological polar surface area (TPSA) is 106 Å². The number of rotatable bonds is 9. The second-order valence-electron chi connectivity index (χ2n) is 10.7. The molecule has 3 aromatic carbocycles. The number of methoxy groups -OCH3 is 2. The lowest BCUT2D eigenvalue weighted by molar-refractivity contribution is -0.0251. The van der Waals surface area contributed by atoms with Gasteiger partial charge in [0.2, 0.25) is 0 Å². The second-order valence-corrected chi connectivity index (χ2v) is 10.7. The van der Waals surface area contributed by atoms with Gasteiger partial charge in [0.15, 0.2) is 0 Å². The summed E-state index contributed by atoms with van der Waals surface area (Å²) in [4.78, 5) is 17.8. The van der Waals surface area contributed by atoms with Crippen molar-refractivity contribution in [2.24, 2.45) is 5.11 Å². The number of carbonyl (C=O) groups is 1. The van der Waals surface area contributed by atoms with Gasteiger partial charge in [-0.25, -0.2) is 4.79 Å². The van der Waals surface area contributed by atoms with Crippen molar-refractivity contribution >= 4 is 6.09 Å². The summed E-state index contributed by atoms with van der Waals surface area (Å²) in [5.74, 6) is 1.45. The highest BCUT2D eigenvalue weighted by molar-refractivity contribution is 5.69. The van der Waals surface area contributed by atoms with Gasteiger partial charge in [0.05, 0.1) is 32.9 Å². The molecule has 40 heavy (non-hydrogen) atoms. The Balaban J connectivity index is 1.79. The Morgan fingerprint density at radius 3 is 1.90 bits per heavy atom. The molecular weight excluding hydrogens is 508 g/mol. The number of hydrogen-bond acceptors (Lipinski definition) is 6. The summed E-state index contributed by atoms with van der Waals surface area (Å²) in [6.07, 6.45) is -0.00435. The third-order valence-electron chi connectivity index (χ3n) is 6.90. The number of nitrogens with zero attached hydrogens (tertiary/aromatic N) is 4. The van der Waals surface area contributed by atoms with E-state index in [0.29, 0.717) is 6.42 Å². The lowest BCUT2D eigenvalue weighted by Gasteiger charge is -2.38. The zero-order valence-corrected chi connectivity index (χ0v) is 23.6. The normalized spacial score (nSPS) is 17.2. The molecule has 1 heterocycles. The van der Waals surface area contributed by atoms with Crippen molar-refractivity contribution in [2.45, 2.75) is 50.5 Å². The summed E-state index contributed by atoms with van der Waals surface area (Å²) < 4.78 is 23.5. The van der Waals surface area contributed by atoms with Gasteiger partial charge < -0.3 is 23.8 Å². The van der Waals surface area contributed by atoms with E-state index in [0.717, 1.165) is 28.2 Å². The third-order valence-corrected chi connectivity index (χ3v) is 6.90. The highest BCUT2D eigenvalue weighted by atomic mass is 16.6. The largest absolute Gasteiger partial charge is 0.497 e. The molecule has 1 aliphatic heterocycles. The average Bonchev–Trinajstić information content (AvgIpc) is 3.37. The standard InChI is InChI=1S/C31H36N4O5/c1-30(2,3)40-29(36)35-20-25(33-34-32)19-26(35)21-39-31(22-9-7-6-8-10-22,23-11-15-27(37-4)16-12-23)24-13-17-28(38-5)18-14-24/h6-18,25-26H,19-21H2,1-5H3/t25-,26-/m1/s1. The highest BCUT2D eigenvalue weighted by Crippen LogP contribution is 2.42. The van der Waals surface area contributed by atoms with Crippen LogP contribution >= 0.6 is 0 Å². The first-order chi connectivity index (χ1) is 19.2. The van der Waals surface area contributed by atoms with E-state index >= 15 is 0 Å². The molecule has 4 rings (SSSR count). The van der Waals surface area contributed by atoms with Gasteiger partial charge in [0.1, 0.15) is 22.7 Å².